The van der Waals surface area contributed by atoms with Gasteiger partial charge in [-0.2, -0.15) is 0 Å². The molecule has 1 aliphatic rings. The predicted octanol–water partition coefficient (Wildman–Crippen LogP) is 3.86. The third-order valence-electron chi connectivity index (χ3n) is 4.19. The third-order valence-corrected chi connectivity index (χ3v) is 5.14. The Bertz CT molecular complexity index is 688. The first kappa shape index (κ1) is 21.1. The molecule has 0 spiro atoms. The zero-order valence-electron chi connectivity index (χ0n) is 15.4. The van der Waals surface area contributed by atoms with Gasteiger partial charge in [0, 0.05) is 38.2 Å². The van der Waals surface area contributed by atoms with Crippen molar-refractivity contribution >= 4 is 41.3 Å². The summed E-state index contributed by atoms with van der Waals surface area (Å²) in [5.74, 6) is 1.68. The van der Waals surface area contributed by atoms with E-state index in [4.69, 9.17) is 9.72 Å². The van der Waals surface area contributed by atoms with E-state index in [1.165, 1.54) is 12.8 Å². The highest BCUT2D eigenvalue weighted by Gasteiger charge is 2.21. The zero-order valence-corrected chi connectivity index (χ0v) is 18.5. The Hall–Kier alpha value is -1.19. The van der Waals surface area contributed by atoms with Crippen LogP contribution in [0.2, 0.25) is 0 Å². The van der Waals surface area contributed by atoms with Crippen molar-refractivity contribution in [3.05, 3.63) is 41.4 Å². The van der Waals surface area contributed by atoms with E-state index in [2.05, 4.69) is 32.7 Å². The van der Waals surface area contributed by atoms with Crippen molar-refractivity contribution in [3.63, 3.8) is 0 Å². The van der Waals surface area contributed by atoms with Crippen LogP contribution in [-0.4, -0.2) is 49.7 Å². The van der Waals surface area contributed by atoms with Gasteiger partial charge in [0.1, 0.15) is 5.01 Å². The summed E-state index contributed by atoms with van der Waals surface area (Å²) in [4.78, 5) is 11.1. The Labute approximate surface area is 176 Å². The Kier molecular flexibility index (Phi) is 8.80. The topological polar surface area (TPSA) is 49.8 Å². The number of likely N-dealkylation sites (N-methyl/N-ethyl adjacent to an activating group) is 1. The van der Waals surface area contributed by atoms with Gasteiger partial charge in [-0.25, -0.2) is 4.98 Å². The van der Waals surface area contributed by atoms with Crippen LogP contribution in [0.3, 0.4) is 0 Å². The second-order valence-corrected chi connectivity index (χ2v) is 7.21. The Morgan fingerprint density at radius 3 is 2.81 bits per heavy atom. The molecule has 0 unspecified atom stereocenters. The number of nitrogens with one attached hydrogen (secondary N) is 1. The van der Waals surface area contributed by atoms with Crippen molar-refractivity contribution < 1.29 is 4.74 Å². The molecule has 1 aromatic carbocycles. The fraction of sp³-hybridized carbons (Fsp3) is 0.474. The molecule has 142 valence electrons. The van der Waals surface area contributed by atoms with Crippen LogP contribution in [0.15, 0.2) is 40.7 Å². The van der Waals surface area contributed by atoms with Crippen LogP contribution in [-0.2, 0) is 11.3 Å². The molecule has 1 fully saturated rings. The summed E-state index contributed by atoms with van der Waals surface area (Å²) in [6, 6.07) is 10.3. The molecule has 0 atom stereocenters. The van der Waals surface area contributed by atoms with Gasteiger partial charge in [0.25, 0.3) is 0 Å². The maximum atomic E-state index is 5.70. The molecular formula is C19H27IN4OS. The predicted molar refractivity (Wildman–Crippen MR) is 119 cm³/mol. The minimum atomic E-state index is 0. The van der Waals surface area contributed by atoms with Crippen LogP contribution < -0.4 is 5.32 Å². The van der Waals surface area contributed by atoms with E-state index in [9.17, 15) is 0 Å². The summed E-state index contributed by atoms with van der Waals surface area (Å²) >= 11 is 1.67. The molecule has 5 nitrogen and oxygen atoms in total. The number of guanidine groups is 1. The number of benzene rings is 1. The number of hydrogen-bond acceptors (Lipinski definition) is 4. The van der Waals surface area contributed by atoms with E-state index in [0.717, 1.165) is 47.9 Å². The van der Waals surface area contributed by atoms with Crippen molar-refractivity contribution in [2.24, 2.45) is 10.9 Å². The van der Waals surface area contributed by atoms with Crippen LogP contribution in [0.4, 0.5) is 0 Å². The summed E-state index contributed by atoms with van der Waals surface area (Å²) in [5, 5.41) is 6.53. The molecule has 1 aliphatic carbocycles. The molecule has 1 heterocycles. The van der Waals surface area contributed by atoms with Gasteiger partial charge in [-0.3, -0.25) is 4.99 Å². The van der Waals surface area contributed by atoms with Crippen LogP contribution in [0.1, 0.15) is 18.5 Å². The van der Waals surface area contributed by atoms with Crippen molar-refractivity contribution in [3.8, 4) is 10.6 Å². The fourth-order valence-electron chi connectivity index (χ4n) is 2.50. The van der Waals surface area contributed by atoms with Gasteiger partial charge >= 0.3 is 0 Å². The van der Waals surface area contributed by atoms with Gasteiger partial charge in [-0.05, 0) is 18.8 Å². The first-order chi connectivity index (χ1) is 12.3. The van der Waals surface area contributed by atoms with Crippen LogP contribution in [0, 0.1) is 5.92 Å². The molecule has 1 N–H and O–H groups in total. The molecule has 2 aromatic rings. The SMILES string of the molecule is CN=C(NCc1csc(-c2ccccc2)n1)N(C)CCOCC1CC1.I. The van der Waals surface area contributed by atoms with E-state index in [1.54, 1.807) is 18.4 Å². The number of rotatable bonds is 8. The van der Waals surface area contributed by atoms with Crippen molar-refractivity contribution in [1.29, 1.82) is 0 Å². The van der Waals surface area contributed by atoms with Crippen LogP contribution >= 0.6 is 35.3 Å². The van der Waals surface area contributed by atoms with Gasteiger partial charge < -0.3 is 15.0 Å². The molecule has 3 rings (SSSR count). The molecule has 26 heavy (non-hydrogen) atoms. The second kappa shape index (κ2) is 10.8. The van der Waals surface area contributed by atoms with Gasteiger partial charge in [-0.1, -0.05) is 30.3 Å². The number of hydrogen-bond donors (Lipinski definition) is 1. The van der Waals surface area contributed by atoms with E-state index in [1.807, 2.05) is 25.2 Å². The van der Waals surface area contributed by atoms with Gasteiger partial charge in [0.05, 0.1) is 18.8 Å². The highest BCUT2D eigenvalue weighted by Crippen LogP contribution is 2.28. The minimum absolute atomic E-state index is 0. The number of ether oxygens (including phenoxy) is 1. The largest absolute Gasteiger partial charge is 0.379 e. The summed E-state index contributed by atoms with van der Waals surface area (Å²) in [5.41, 5.74) is 2.19. The Balaban J connectivity index is 0.00000243. The highest BCUT2D eigenvalue weighted by atomic mass is 127. The third kappa shape index (κ3) is 6.51. The molecule has 1 saturated carbocycles. The number of nitrogens with zero attached hydrogens (tertiary/aromatic N) is 3. The highest BCUT2D eigenvalue weighted by molar-refractivity contribution is 14.0. The quantitative estimate of drug-likeness (QED) is 0.267. The summed E-state index contributed by atoms with van der Waals surface area (Å²) in [6.07, 6.45) is 2.66. The van der Waals surface area contributed by atoms with Crippen molar-refractivity contribution in [2.75, 3.05) is 33.9 Å². The molecule has 0 saturated heterocycles. The van der Waals surface area contributed by atoms with E-state index < -0.39 is 0 Å². The summed E-state index contributed by atoms with van der Waals surface area (Å²) < 4.78 is 5.70. The van der Waals surface area contributed by atoms with Crippen molar-refractivity contribution in [2.45, 2.75) is 19.4 Å². The van der Waals surface area contributed by atoms with Crippen LogP contribution in [0.5, 0.6) is 0 Å². The standard InChI is InChI=1S/C19H26N4OS.HI/c1-20-19(23(2)10-11-24-13-15-8-9-15)21-12-17-14-25-18(22-17)16-6-4-3-5-7-16;/h3-7,14-15H,8-13H2,1-2H3,(H,20,21);1H. The first-order valence-corrected chi connectivity index (χ1v) is 9.63. The number of aromatic nitrogens is 1. The lowest BCUT2D eigenvalue weighted by Gasteiger charge is -2.21. The van der Waals surface area contributed by atoms with Gasteiger partial charge in [0.2, 0.25) is 0 Å². The summed E-state index contributed by atoms with van der Waals surface area (Å²) in [6.45, 7) is 3.14. The average Bonchev–Trinajstić information content (AvgIpc) is 3.35. The molecule has 0 radical (unpaired) electrons. The molecule has 7 heteroatoms. The lowest BCUT2D eigenvalue weighted by molar-refractivity contribution is 0.115. The number of aliphatic imine (C=N–C) groups is 1. The average molecular weight is 486 g/mol. The maximum Gasteiger partial charge on any atom is 0.193 e. The molecular weight excluding hydrogens is 459 g/mol. The molecule has 0 aliphatic heterocycles. The Morgan fingerprint density at radius 1 is 1.35 bits per heavy atom. The lowest BCUT2D eigenvalue weighted by atomic mass is 10.2. The van der Waals surface area contributed by atoms with Crippen LogP contribution in [0.25, 0.3) is 10.6 Å². The van der Waals surface area contributed by atoms with Gasteiger partial charge in [0.15, 0.2) is 5.96 Å². The van der Waals surface area contributed by atoms with E-state index in [0.29, 0.717) is 6.54 Å². The van der Waals surface area contributed by atoms with Gasteiger partial charge in [-0.15, -0.1) is 35.3 Å². The van der Waals surface area contributed by atoms with Crippen molar-refractivity contribution in [1.82, 2.24) is 15.2 Å². The lowest BCUT2D eigenvalue weighted by Crippen LogP contribution is -2.40. The smallest absolute Gasteiger partial charge is 0.193 e. The fourth-order valence-corrected chi connectivity index (χ4v) is 3.32. The number of halogens is 1. The minimum Gasteiger partial charge on any atom is -0.379 e. The number of thiazole rings is 1. The first-order valence-electron chi connectivity index (χ1n) is 8.75. The molecule has 0 bridgehead atoms. The maximum absolute atomic E-state index is 5.70. The Morgan fingerprint density at radius 2 is 2.12 bits per heavy atom. The monoisotopic (exact) mass is 486 g/mol. The van der Waals surface area contributed by atoms with E-state index >= 15 is 0 Å². The molecule has 0 amide bonds. The zero-order chi connectivity index (χ0) is 17.5. The molecule has 1 aromatic heterocycles. The van der Waals surface area contributed by atoms with E-state index in [-0.39, 0.29) is 24.0 Å². The second-order valence-electron chi connectivity index (χ2n) is 6.35. The normalized spacial score (nSPS) is 14.0. The summed E-state index contributed by atoms with van der Waals surface area (Å²) in [7, 11) is 3.84.